The Kier molecular flexibility index (Phi) is 4.04. The molecular weight excluding hydrogens is 238 g/mol. The standard InChI is InChI=1S/C11H15N3S2/c1-8(2)3-12-4-9-5-14-11(16-9)10-6-13-7-15-10/h5-8,12H,3-4H2,1-2H3. The number of rotatable bonds is 5. The maximum atomic E-state index is 4.41. The quantitative estimate of drug-likeness (QED) is 0.890. The van der Waals surface area contributed by atoms with E-state index in [1.54, 1.807) is 22.7 Å². The third-order valence-corrected chi connectivity index (χ3v) is 3.99. The highest BCUT2D eigenvalue weighted by molar-refractivity contribution is 7.20. The number of thiazole rings is 2. The van der Waals surface area contributed by atoms with Crippen LogP contribution in [0.15, 0.2) is 17.9 Å². The van der Waals surface area contributed by atoms with Crippen molar-refractivity contribution >= 4 is 22.7 Å². The number of hydrogen-bond donors (Lipinski definition) is 1. The van der Waals surface area contributed by atoms with E-state index in [9.17, 15) is 0 Å². The monoisotopic (exact) mass is 253 g/mol. The first-order valence-corrected chi connectivity index (χ1v) is 6.99. The Labute approximate surface area is 104 Å². The van der Waals surface area contributed by atoms with Crippen LogP contribution in [-0.2, 0) is 6.54 Å². The lowest BCUT2D eigenvalue weighted by atomic mass is 10.2. The first-order valence-electron chi connectivity index (χ1n) is 5.30. The summed E-state index contributed by atoms with van der Waals surface area (Å²) in [5.41, 5.74) is 1.84. The van der Waals surface area contributed by atoms with Gasteiger partial charge in [0, 0.05) is 23.8 Å². The SMILES string of the molecule is CC(C)CNCc1cnc(-c2cncs2)s1. The third kappa shape index (κ3) is 3.10. The van der Waals surface area contributed by atoms with Crippen molar-refractivity contribution in [3.63, 3.8) is 0 Å². The molecule has 1 N–H and O–H groups in total. The summed E-state index contributed by atoms with van der Waals surface area (Å²) in [5, 5.41) is 4.49. The first kappa shape index (κ1) is 11.7. The van der Waals surface area contributed by atoms with Crippen LogP contribution >= 0.6 is 22.7 Å². The van der Waals surface area contributed by atoms with Gasteiger partial charge in [0.2, 0.25) is 0 Å². The zero-order valence-corrected chi connectivity index (χ0v) is 11.1. The average molecular weight is 253 g/mol. The van der Waals surface area contributed by atoms with Gasteiger partial charge in [-0.2, -0.15) is 0 Å². The molecule has 0 spiro atoms. The summed E-state index contributed by atoms with van der Waals surface area (Å²) in [6.45, 7) is 6.38. The summed E-state index contributed by atoms with van der Waals surface area (Å²) in [7, 11) is 0. The van der Waals surface area contributed by atoms with Gasteiger partial charge in [0.25, 0.3) is 0 Å². The van der Waals surface area contributed by atoms with E-state index in [0.29, 0.717) is 5.92 Å². The maximum Gasteiger partial charge on any atom is 0.135 e. The molecule has 0 bridgehead atoms. The molecule has 86 valence electrons. The van der Waals surface area contributed by atoms with Gasteiger partial charge in [-0.15, -0.1) is 22.7 Å². The highest BCUT2D eigenvalue weighted by atomic mass is 32.1. The second-order valence-electron chi connectivity index (χ2n) is 4.02. The summed E-state index contributed by atoms with van der Waals surface area (Å²) < 4.78 is 0. The summed E-state index contributed by atoms with van der Waals surface area (Å²) >= 11 is 3.37. The number of hydrogen-bond acceptors (Lipinski definition) is 5. The van der Waals surface area contributed by atoms with Crippen molar-refractivity contribution in [3.05, 3.63) is 22.8 Å². The van der Waals surface area contributed by atoms with Gasteiger partial charge >= 0.3 is 0 Å². The second-order valence-corrected chi connectivity index (χ2v) is 6.02. The largest absolute Gasteiger partial charge is 0.312 e. The average Bonchev–Trinajstić information content (AvgIpc) is 2.85. The van der Waals surface area contributed by atoms with Gasteiger partial charge < -0.3 is 5.32 Å². The van der Waals surface area contributed by atoms with Crippen LogP contribution < -0.4 is 5.32 Å². The molecule has 0 aliphatic heterocycles. The normalized spacial score (nSPS) is 11.2. The smallest absolute Gasteiger partial charge is 0.135 e. The van der Waals surface area contributed by atoms with Crippen molar-refractivity contribution in [2.24, 2.45) is 5.92 Å². The van der Waals surface area contributed by atoms with Gasteiger partial charge in [0.1, 0.15) is 5.01 Å². The van der Waals surface area contributed by atoms with Crippen LogP contribution in [0, 0.1) is 5.92 Å². The lowest BCUT2D eigenvalue weighted by Gasteiger charge is -2.04. The van der Waals surface area contributed by atoms with Crippen molar-refractivity contribution in [2.75, 3.05) is 6.54 Å². The molecule has 0 saturated carbocycles. The van der Waals surface area contributed by atoms with E-state index in [0.717, 1.165) is 23.0 Å². The summed E-state index contributed by atoms with van der Waals surface area (Å²) in [5.74, 6) is 0.689. The van der Waals surface area contributed by atoms with Gasteiger partial charge in [-0.25, -0.2) is 4.98 Å². The van der Waals surface area contributed by atoms with Crippen LogP contribution in [0.2, 0.25) is 0 Å². The zero-order chi connectivity index (χ0) is 11.4. The second kappa shape index (κ2) is 5.52. The van der Waals surface area contributed by atoms with Gasteiger partial charge in [0.05, 0.1) is 10.4 Å². The Morgan fingerprint density at radius 1 is 1.38 bits per heavy atom. The molecule has 3 nitrogen and oxygen atoms in total. The minimum absolute atomic E-state index is 0.689. The van der Waals surface area contributed by atoms with Crippen LogP contribution in [0.3, 0.4) is 0 Å². The topological polar surface area (TPSA) is 37.8 Å². The van der Waals surface area contributed by atoms with Crippen LogP contribution in [0.25, 0.3) is 9.88 Å². The Morgan fingerprint density at radius 2 is 2.25 bits per heavy atom. The number of nitrogens with one attached hydrogen (secondary N) is 1. The van der Waals surface area contributed by atoms with Crippen molar-refractivity contribution in [3.8, 4) is 9.88 Å². The summed E-state index contributed by atoms with van der Waals surface area (Å²) in [6, 6.07) is 0. The fraction of sp³-hybridized carbons (Fsp3) is 0.455. The van der Waals surface area contributed by atoms with Gasteiger partial charge in [0.15, 0.2) is 0 Å². The van der Waals surface area contributed by atoms with E-state index in [2.05, 4.69) is 29.1 Å². The first-order chi connectivity index (χ1) is 7.75. The van der Waals surface area contributed by atoms with Crippen LogP contribution in [0.4, 0.5) is 0 Å². The molecule has 2 rings (SSSR count). The summed E-state index contributed by atoms with van der Waals surface area (Å²) in [6.07, 6.45) is 3.82. The Balaban J connectivity index is 1.93. The van der Waals surface area contributed by atoms with E-state index in [4.69, 9.17) is 0 Å². The molecule has 0 aliphatic carbocycles. The van der Waals surface area contributed by atoms with Crippen molar-refractivity contribution in [2.45, 2.75) is 20.4 Å². The van der Waals surface area contributed by atoms with Crippen LogP contribution in [0.1, 0.15) is 18.7 Å². The fourth-order valence-corrected chi connectivity index (χ4v) is 2.88. The summed E-state index contributed by atoms with van der Waals surface area (Å²) in [4.78, 5) is 10.9. The third-order valence-electron chi connectivity index (χ3n) is 2.05. The van der Waals surface area contributed by atoms with Crippen LogP contribution in [-0.4, -0.2) is 16.5 Å². The van der Waals surface area contributed by atoms with E-state index in [1.807, 2.05) is 17.9 Å². The van der Waals surface area contributed by atoms with Gasteiger partial charge in [-0.1, -0.05) is 13.8 Å². The molecule has 2 aromatic rings. The minimum Gasteiger partial charge on any atom is -0.312 e. The van der Waals surface area contributed by atoms with E-state index in [1.165, 1.54) is 4.88 Å². The molecule has 2 aromatic heterocycles. The highest BCUT2D eigenvalue weighted by Gasteiger charge is 2.05. The van der Waals surface area contributed by atoms with Crippen molar-refractivity contribution in [1.29, 1.82) is 0 Å². The molecule has 2 heterocycles. The molecule has 0 unspecified atom stereocenters. The molecule has 0 aromatic carbocycles. The lowest BCUT2D eigenvalue weighted by molar-refractivity contribution is 0.554. The van der Waals surface area contributed by atoms with Gasteiger partial charge in [-0.05, 0) is 12.5 Å². The molecule has 16 heavy (non-hydrogen) atoms. The van der Waals surface area contributed by atoms with E-state index in [-0.39, 0.29) is 0 Å². The molecule has 0 amide bonds. The van der Waals surface area contributed by atoms with E-state index < -0.39 is 0 Å². The zero-order valence-electron chi connectivity index (χ0n) is 9.43. The highest BCUT2D eigenvalue weighted by Crippen LogP contribution is 2.27. The predicted molar refractivity (Wildman–Crippen MR) is 69.8 cm³/mol. The lowest BCUT2D eigenvalue weighted by Crippen LogP contribution is -2.18. The van der Waals surface area contributed by atoms with Gasteiger partial charge in [-0.3, -0.25) is 4.98 Å². The molecule has 0 fully saturated rings. The fourth-order valence-electron chi connectivity index (χ4n) is 1.31. The van der Waals surface area contributed by atoms with Crippen molar-refractivity contribution in [1.82, 2.24) is 15.3 Å². The Morgan fingerprint density at radius 3 is 2.94 bits per heavy atom. The van der Waals surface area contributed by atoms with Crippen LogP contribution in [0.5, 0.6) is 0 Å². The predicted octanol–water partition coefficient (Wildman–Crippen LogP) is 3.01. The van der Waals surface area contributed by atoms with Crippen molar-refractivity contribution < 1.29 is 0 Å². The molecule has 0 saturated heterocycles. The maximum absolute atomic E-state index is 4.41. The molecule has 0 atom stereocenters. The Bertz CT molecular complexity index is 420. The minimum atomic E-state index is 0.689. The molecular formula is C11H15N3S2. The Hall–Kier alpha value is -0.780. The number of nitrogens with zero attached hydrogens (tertiary/aromatic N) is 2. The number of aromatic nitrogens is 2. The molecule has 0 radical (unpaired) electrons. The van der Waals surface area contributed by atoms with E-state index >= 15 is 0 Å². The molecule has 5 heteroatoms. The molecule has 0 aliphatic rings.